The summed E-state index contributed by atoms with van der Waals surface area (Å²) in [6.45, 7) is -0.367. The van der Waals surface area contributed by atoms with Gasteiger partial charge in [-0.15, -0.1) is 0 Å². The molecule has 0 saturated carbocycles. The minimum Gasteiger partial charge on any atom is -0.497 e. The number of hydrogen-bond acceptors (Lipinski definition) is 9. The SMILES string of the molecule is COc1ccc(/C=N/NC(=O)COc2ccccc2C(=O)N/N=C/c2ccc(OC)cc2OC)c(OC)c1. The van der Waals surface area contributed by atoms with Crippen molar-refractivity contribution in [1.29, 1.82) is 0 Å². The van der Waals surface area contributed by atoms with Gasteiger partial charge in [-0.25, -0.2) is 10.9 Å². The number of hydrogen-bond donors (Lipinski definition) is 2. The lowest BCUT2D eigenvalue weighted by atomic mass is 10.2. The highest BCUT2D eigenvalue weighted by Gasteiger charge is 2.13. The first-order valence-corrected chi connectivity index (χ1v) is 11.3. The normalized spacial score (nSPS) is 10.7. The van der Waals surface area contributed by atoms with Crippen molar-refractivity contribution in [2.45, 2.75) is 0 Å². The number of rotatable bonds is 12. The van der Waals surface area contributed by atoms with Crippen LogP contribution in [0, 0.1) is 0 Å². The molecule has 3 aromatic carbocycles. The molecule has 2 N–H and O–H groups in total. The van der Waals surface area contributed by atoms with Gasteiger partial charge in [0.25, 0.3) is 11.8 Å². The molecule has 0 unspecified atom stereocenters. The standard InChI is InChI=1S/C27H28N4O7/c1-34-20-11-9-18(24(13-20)36-3)15-28-30-26(32)17-38-23-8-6-5-7-22(23)27(33)31-29-16-19-10-12-21(35-2)14-25(19)37-4/h5-16H,17H2,1-4H3,(H,30,32)(H,31,33)/b28-15+,29-16+. The van der Waals surface area contributed by atoms with Gasteiger partial charge in [0.05, 0.1) is 46.4 Å². The van der Waals surface area contributed by atoms with E-state index < -0.39 is 11.8 Å². The van der Waals surface area contributed by atoms with Gasteiger partial charge >= 0.3 is 0 Å². The van der Waals surface area contributed by atoms with E-state index in [0.717, 1.165) is 0 Å². The number of benzene rings is 3. The second-order valence-electron chi connectivity index (χ2n) is 7.49. The van der Waals surface area contributed by atoms with Crippen LogP contribution in [0.2, 0.25) is 0 Å². The number of nitrogens with one attached hydrogen (secondary N) is 2. The van der Waals surface area contributed by atoms with E-state index in [0.29, 0.717) is 34.1 Å². The van der Waals surface area contributed by atoms with Crippen molar-refractivity contribution in [2.75, 3.05) is 35.0 Å². The predicted octanol–water partition coefficient (Wildman–Crippen LogP) is 3.01. The average molecular weight is 521 g/mol. The lowest BCUT2D eigenvalue weighted by Crippen LogP contribution is -2.26. The third-order valence-corrected chi connectivity index (χ3v) is 5.13. The minimum absolute atomic E-state index is 0.200. The van der Waals surface area contributed by atoms with Crippen molar-refractivity contribution in [3.63, 3.8) is 0 Å². The van der Waals surface area contributed by atoms with Gasteiger partial charge < -0.3 is 23.7 Å². The quantitative estimate of drug-likeness (QED) is 0.277. The predicted molar refractivity (Wildman–Crippen MR) is 142 cm³/mol. The molecule has 0 spiro atoms. The number of carbonyl (C=O) groups excluding carboxylic acids is 2. The molecule has 0 radical (unpaired) electrons. The highest BCUT2D eigenvalue weighted by molar-refractivity contribution is 5.97. The molecule has 11 heteroatoms. The second-order valence-corrected chi connectivity index (χ2v) is 7.49. The molecule has 0 bridgehead atoms. The Morgan fingerprint density at radius 3 is 1.82 bits per heavy atom. The summed E-state index contributed by atoms with van der Waals surface area (Å²) in [5.74, 6) is 1.49. The van der Waals surface area contributed by atoms with E-state index in [-0.39, 0.29) is 17.9 Å². The summed E-state index contributed by atoms with van der Waals surface area (Å²) in [6.07, 6.45) is 2.89. The molecule has 0 aliphatic heterocycles. The zero-order valence-electron chi connectivity index (χ0n) is 21.4. The minimum atomic E-state index is -0.520. The lowest BCUT2D eigenvalue weighted by Gasteiger charge is -2.10. The van der Waals surface area contributed by atoms with Crippen molar-refractivity contribution >= 4 is 24.2 Å². The van der Waals surface area contributed by atoms with Crippen LogP contribution in [-0.4, -0.2) is 59.3 Å². The average Bonchev–Trinajstić information content (AvgIpc) is 2.96. The molecule has 0 aromatic heterocycles. The van der Waals surface area contributed by atoms with Gasteiger partial charge in [-0.2, -0.15) is 10.2 Å². The first-order valence-electron chi connectivity index (χ1n) is 11.3. The Labute approximate surface area is 220 Å². The number of carbonyl (C=O) groups is 2. The highest BCUT2D eigenvalue weighted by Crippen LogP contribution is 2.24. The van der Waals surface area contributed by atoms with Gasteiger partial charge in [0.15, 0.2) is 6.61 Å². The van der Waals surface area contributed by atoms with Gasteiger partial charge in [-0.1, -0.05) is 12.1 Å². The molecule has 0 fully saturated rings. The van der Waals surface area contributed by atoms with E-state index in [1.165, 1.54) is 26.6 Å². The van der Waals surface area contributed by atoms with Crippen LogP contribution in [0.3, 0.4) is 0 Å². The summed E-state index contributed by atoms with van der Waals surface area (Å²) < 4.78 is 26.5. The zero-order valence-corrected chi connectivity index (χ0v) is 21.4. The van der Waals surface area contributed by atoms with Crippen molar-refractivity contribution in [2.24, 2.45) is 10.2 Å². The van der Waals surface area contributed by atoms with Crippen LogP contribution in [-0.2, 0) is 4.79 Å². The summed E-state index contributed by atoms with van der Waals surface area (Å²) in [5.41, 5.74) is 6.30. The summed E-state index contributed by atoms with van der Waals surface area (Å²) >= 11 is 0. The number of amides is 2. The molecule has 3 rings (SSSR count). The molecular formula is C27H28N4O7. The maximum absolute atomic E-state index is 12.7. The van der Waals surface area contributed by atoms with E-state index in [2.05, 4.69) is 21.1 Å². The fourth-order valence-electron chi connectivity index (χ4n) is 3.20. The smallest absolute Gasteiger partial charge is 0.277 e. The fourth-order valence-corrected chi connectivity index (χ4v) is 3.20. The maximum Gasteiger partial charge on any atom is 0.277 e. The van der Waals surface area contributed by atoms with Gasteiger partial charge in [-0.05, 0) is 36.4 Å². The van der Waals surface area contributed by atoms with Gasteiger partial charge in [0.2, 0.25) is 0 Å². The first kappa shape index (κ1) is 27.5. The topological polar surface area (TPSA) is 129 Å². The Kier molecular flexibility index (Phi) is 10.1. The molecule has 0 aliphatic carbocycles. The van der Waals surface area contributed by atoms with Crippen LogP contribution >= 0.6 is 0 Å². The molecule has 198 valence electrons. The number of nitrogens with zero attached hydrogens (tertiary/aromatic N) is 2. The Morgan fingerprint density at radius 2 is 1.26 bits per heavy atom. The van der Waals surface area contributed by atoms with Crippen molar-refractivity contribution in [1.82, 2.24) is 10.9 Å². The number of hydrazone groups is 2. The monoisotopic (exact) mass is 520 g/mol. The molecule has 11 nitrogen and oxygen atoms in total. The second kappa shape index (κ2) is 13.9. The molecule has 0 aliphatic rings. The molecular weight excluding hydrogens is 492 g/mol. The van der Waals surface area contributed by atoms with E-state index in [1.807, 2.05) is 0 Å². The van der Waals surface area contributed by atoms with Crippen molar-refractivity contribution in [3.8, 4) is 28.7 Å². The summed E-state index contributed by atoms with van der Waals surface area (Å²) in [5, 5.41) is 7.92. The van der Waals surface area contributed by atoms with E-state index in [1.54, 1.807) is 74.9 Å². The van der Waals surface area contributed by atoms with Crippen LogP contribution in [0.1, 0.15) is 21.5 Å². The van der Waals surface area contributed by atoms with Gasteiger partial charge in [-0.3, -0.25) is 9.59 Å². The Hall–Kier alpha value is -5.06. The van der Waals surface area contributed by atoms with Crippen molar-refractivity contribution < 1.29 is 33.3 Å². The summed E-state index contributed by atoms with van der Waals surface area (Å²) in [4.78, 5) is 24.9. The van der Waals surface area contributed by atoms with Gasteiger partial charge in [0.1, 0.15) is 28.7 Å². The maximum atomic E-state index is 12.7. The van der Waals surface area contributed by atoms with E-state index in [9.17, 15) is 9.59 Å². The third-order valence-electron chi connectivity index (χ3n) is 5.13. The number of ether oxygens (including phenoxy) is 5. The number of methoxy groups -OCH3 is 4. The Balaban J connectivity index is 1.57. The number of para-hydroxylation sites is 1. The van der Waals surface area contributed by atoms with Gasteiger partial charge in [0, 0.05) is 23.3 Å². The summed E-state index contributed by atoms with van der Waals surface area (Å²) in [6, 6.07) is 16.9. The van der Waals surface area contributed by atoms with Crippen LogP contribution in [0.15, 0.2) is 70.9 Å². The van der Waals surface area contributed by atoms with Crippen LogP contribution in [0.5, 0.6) is 28.7 Å². The highest BCUT2D eigenvalue weighted by atomic mass is 16.5. The summed E-state index contributed by atoms with van der Waals surface area (Å²) in [7, 11) is 6.15. The largest absolute Gasteiger partial charge is 0.497 e. The van der Waals surface area contributed by atoms with E-state index in [4.69, 9.17) is 23.7 Å². The molecule has 2 amide bonds. The molecule has 0 atom stereocenters. The molecule has 3 aromatic rings. The lowest BCUT2D eigenvalue weighted by molar-refractivity contribution is -0.123. The van der Waals surface area contributed by atoms with Crippen LogP contribution in [0.4, 0.5) is 0 Å². The molecule has 0 saturated heterocycles. The molecule has 0 heterocycles. The molecule has 38 heavy (non-hydrogen) atoms. The van der Waals surface area contributed by atoms with E-state index >= 15 is 0 Å². The van der Waals surface area contributed by atoms with Crippen LogP contribution < -0.4 is 34.5 Å². The Bertz CT molecular complexity index is 1320. The first-order chi connectivity index (χ1) is 18.5. The Morgan fingerprint density at radius 1 is 0.711 bits per heavy atom. The fraction of sp³-hybridized carbons (Fsp3) is 0.185. The van der Waals surface area contributed by atoms with Crippen molar-refractivity contribution in [3.05, 3.63) is 77.4 Å². The third kappa shape index (κ3) is 7.47. The van der Waals surface area contributed by atoms with Crippen LogP contribution in [0.25, 0.3) is 0 Å². The zero-order chi connectivity index (χ0) is 27.3.